The monoisotopic (exact) mass is 808 g/mol. The van der Waals surface area contributed by atoms with Crippen molar-refractivity contribution in [2.75, 3.05) is 0 Å². The van der Waals surface area contributed by atoms with Crippen LogP contribution in [0.5, 0.6) is 0 Å². The molecule has 1 aliphatic carbocycles. The number of halogens is 2. The topological polar surface area (TPSA) is 0 Å². The first-order valence-corrected chi connectivity index (χ1v) is 24.7. The molecule has 1 aliphatic rings. The zero-order chi connectivity index (χ0) is 35.1. The van der Waals surface area contributed by atoms with E-state index in [1.807, 2.05) is 0 Å². The van der Waals surface area contributed by atoms with Crippen molar-refractivity contribution in [2.24, 2.45) is 0 Å². The molecule has 1 saturated carbocycles. The van der Waals surface area contributed by atoms with Crippen LogP contribution in [0.4, 0.5) is 0 Å². The summed E-state index contributed by atoms with van der Waals surface area (Å²) in [4.78, 5) is 0. The summed E-state index contributed by atoms with van der Waals surface area (Å²) in [6.07, 6.45) is 8.14. The maximum Gasteiger partial charge on any atom is -1.00 e. The Labute approximate surface area is 336 Å². The molecule has 7 rings (SSSR count). The average molecular weight is 811 g/mol. The van der Waals surface area contributed by atoms with Gasteiger partial charge in [-0.3, -0.25) is 0 Å². The van der Waals surface area contributed by atoms with Gasteiger partial charge in [0.1, 0.15) is 0 Å². The molecule has 0 saturated heterocycles. The molecule has 4 heteroatoms. The minimum Gasteiger partial charge on any atom is -1.00 e. The minimum atomic E-state index is 0. The quantitative estimate of drug-likeness (QED) is 0.121. The Bertz CT molecular complexity index is 1960. The zero-order valence-electron chi connectivity index (χ0n) is 32.0. The van der Waals surface area contributed by atoms with Gasteiger partial charge in [-0.1, -0.05) is 133 Å². The minimum absolute atomic E-state index is 0. The van der Waals surface area contributed by atoms with Crippen LogP contribution in [-0.2, 0) is 28.8 Å². The molecule has 1 unspecified atom stereocenters. The second kappa shape index (κ2) is 19.7. The fourth-order valence-electron chi connectivity index (χ4n) is 7.19. The van der Waals surface area contributed by atoms with Crippen LogP contribution >= 0.6 is 0 Å². The largest absolute Gasteiger partial charge is 1.00 e. The molecule has 0 nitrogen and oxygen atoms in total. The summed E-state index contributed by atoms with van der Waals surface area (Å²) in [5.41, 5.74) is 11.5. The molecular weight excluding hydrogens is 755 g/mol. The number of rotatable bonds is 5. The fraction of sp³-hybridized carbons (Fsp3) is 0.362. The van der Waals surface area contributed by atoms with Crippen LogP contribution in [0, 0.1) is 6.92 Å². The van der Waals surface area contributed by atoms with Crippen molar-refractivity contribution >= 4 is 27.0 Å². The molecule has 51 heavy (non-hydrogen) atoms. The van der Waals surface area contributed by atoms with Gasteiger partial charge in [-0.15, -0.1) is 69.1 Å². The molecule has 0 radical (unpaired) electrons. The van der Waals surface area contributed by atoms with E-state index in [-0.39, 0.29) is 35.7 Å². The van der Waals surface area contributed by atoms with Gasteiger partial charge in [0.25, 0.3) is 0 Å². The van der Waals surface area contributed by atoms with Gasteiger partial charge >= 0.3 is 41.9 Å². The van der Waals surface area contributed by atoms with Crippen molar-refractivity contribution in [1.82, 2.24) is 0 Å². The Balaban J connectivity index is 0.000000245. The average Bonchev–Trinajstić information content (AvgIpc) is 3.71. The third kappa shape index (κ3) is 11.4. The van der Waals surface area contributed by atoms with Gasteiger partial charge in [-0.05, 0) is 58.8 Å². The molecule has 0 bridgehead atoms. The normalized spacial score (nSPS) is 13.6. The van der Waals surface area contributed by atoms with Gasteiger partial charge in [0.05, 0.1) is 0 Å². The first-order valence-electron chi connectivity index (χ1n) is 18.5. The Morgan fingerprint density at radius 1 is 0.725 bits per heavy atom. The second-order valence-corrected chi connectivity index (χ2v) is 24.9. The van der Waals surface area contributed by atoms with Crippen molar-refractivity contribution in [2.45, 2.75) is 110 Å². The Kier molecular flexibility index (Phi) is 16.7. The van der Waals surface area contributed by atoms with Crippen LogP contribution in [0.25, 0.3) is 43.8 Å². The summed E-state index contributed by atoms with van der Waals surface area (Å²) < 4.78 is 0. The van der Waals surface area contributed by atoms with Crippen molar-refractivity contribution in [1.29, 1.82) is 0 Å². The van der Waals surface area contributed by atoms with Gasteiger partial charge in [0.15, 0.2) is 0 Å². The maximum atomic E-state index is 2.47. The van der Waals surface area contributed by atoms with Crippen molar-refractivity contribution < 1.29 is 48.1 Å². The number of hydrogen-bond acceptors (Lipinski definition) is 0. The maximum absolute atomic E-state index is 2.47. The smallest absolute Gasteiger partial charge is 1.00 e. The Morgan fingerprint density at radius 3 is 1.73 bits per heavy atom. The zero-order valence-corrected chi connectivity index (χ0v) is 37.0. The van der Waals surface area contributed by atoms with E-state index in [9.17, 15) is 0 Å². The molecule has 0 aliphatic heterocycles. The number of hydrogen-bond donors (Lipinski definition) is 0. The standard InChI is InChI=1S/C25H29.C20H21.C2H6Si.2ClH.Zr/c1-25(2,3)22-14-12-19(13-15-22)23-11-7-10-20-16-21(17-24(20)23)18-8-5-4-6-9-18;1-4-15(3)16-8-10-17(11-9-16)19-7-5-6-18-12-14(2)13-20(18)19;1-3-2;;;/h7,10-18H,4-6,8-9H2,1-3H3;5-13,15H,4H2,1-3H3;1-2H3;2*1H;/q2*-1;;;;+2/p-2. The van der Waals surface area contributed by atoms with Crippen LogP contribution < -0.4 is 24.8 Å². The van der Waals surface area contributed by atoms with Crippen LogP contribution in [0.15, 0.2) is 109 Å². The Hall–Kier alpha value is -2.22. The van der Waals surface area contributed by atoms with Crippen molar-refractivity contribution in [3.63, 3.8) is 0 Å². The van der Waals surface area contributed by atoms with E-state index < -0.39 is 0 Å². The third-order valence-electron chi connectivity index (χ3n) is 10.2. The molecule has 0 N–H and O–H groups in total. The molecule has 0 amide bonds. The summed E-state index contributed by atoms with van der Waals surface area (Å²) in [5.74, 6) is 1.42. The number of benzene rings is 4. The van der Waals surface area contributed by atoms with E-state index >= 15 is 0 Å². The van der Waals surface area contributed by atoms with E-state index in [2.05, 4.69) is 164 Å². The van der Waals surface area contributed by atoms with Gasteiger partial charge in [0.2, 0.25) is 0 Å². The first-order chi connectivity index (χ1) is 23.4. The Morgan fingerprint density at radius 2 is 1.22 bits per heavy atom. The van der Waals surface area contributed by atoms with E-state index in [4.69, 9.17) is 0 Å². The van der Waals surface area contributed by atoms with E-state index in [0.717, 1.165) is 5.92 Å². The van der Waals surface area contributed by atoms with Gasteiger partial charge < -0.3 is 24.8 Å². The summed E-state index contributed by atoms with van der Waals surface area (Å²) in [6, 6.07) is 41.0. The molecule has 0 spiro atoms. The summed E-state index contributed by atoms with van der Waals surface area (Å²) in [7, 11) is 0. The van der Waals surface area contributed by atoms with Crippen molar-refractivity contribution in [3.05, 3.63) is 131 Å². The van der Waals surface area contributed by atoms with Crippen LogP contribution in [0.1, 0.15) is 107 Å². The van der Waals surface area contributed by atoms with Crippen LogP contribution in [0.2, 0.25) is 13.1 Å². The summed E-state index contributed by atoms with van der Waals surface area (Å²) in [6.45, 7) is 18.1. The SMILES string of the molecule is CC(C)(C)c1ccc(-c2cccc3[cH-]c(C4CCCCC4)cc23)cc1.CCC(C)c1ccc(-c2cccc3[cH-]c(C)cc23)cc1.C[Si](C)=[Zr+2].[Cl-].[Cl-]. The molecule has 0 heterocycles. The van der Waals surface area contributed by atoms with Crippen LogP contribution in [0.3, 0.4) is 0 Å². The molecule has 268 valence electrons. The van der Waals surface area contributed by atoms with Gasteiger partial charge in [-0.2, -0.15) is 12.1 Å². The third-order valence-corrected chi connectivity index (χ3v) is 10.2. The molecule has 1 fully saturated rings. The fourth-order valence-corrected chi connectivity index (χ4v) is 7.19. The molecule has 6 aromatic rings. The number of fused-ring (bicyclic) bond motifs is 2. The summed E-state index contributed by atoms with van der Waals surface area (Å²) >= 11 is 1.74. The van der Waals surface area contributed by atoms with E-state index in [0.29, 0.717) is 5.92 Å². The predicted octanol–water partition coefficient (Wildman–Crippen LogP) is 8.41. The second-order valence-electron chi connectivity index (χ2n) is 15.5. The molecule has 0 aromatic heterocycles. The number of aryl methyl sites for hydroxylation is 1. The van der Waals surface area contributed by atoms with E-state index in [1.54, 1.807) is 28.9 Å². The molecule has 6 aromatic carbocycles. The predicted molar refractivity (Wildman–Crippen MR) is 215 cm³/mol. The van der Waals surface area contributed by atoms with E-state index in [1.165, 1.54) is 99.0 Å². The molecule has 1 atom stereocenters. The molecular formula is C47H56Cl2SiZr-2. The first kappa shape index (κ1) is 43.2. The van der Waals surface area contributed by atoms with Crippen molar-refractivity contribution in [3.8, 4) is 22.3 Å². The summed E-state index contributed by atoms with van der Waals surface area (Å²) in [5, 5.41) is 5.52. The van der Waals surface area contributed by atoms with Gasteiger partial charge in [-0.25, -0.2) is 0 Å². The van der Waals surface area contributed by atoms with Crippen LogP contribution in [-0.4, -0.2) is 5.43 Å². The van der Waals surface area contributed by atoms with Gasteiger partial charge in [0, 0.05) is 0 Å².